The van der Waals surface area contributed by atoms with Crippen LogP contribution in [0.4, 0.5) is 44.2 Å². The van der Waals surface area contributed by atoms with Gasteiger partial charge in [0.1, 0.15) is 23.3 Å². The lowest BCUT2D eigenvalue weighted by molar-refractivity contribution is -0.148. The minimum atomic E-state index is -1.48. The van der Waals surface area contributed by atoms with Crippen molar-refractivity contribution in [2.24, 2.45) is 0 Å². The lowest BCUT2D eigenvalue weighted by Gasteiger charge is -2.19. The van der Waals surface area contributed by atoms with Gasteiger partial charge >= 0.3 is 48.0 Å². The van der Waals surface area contributed by atoms with Crippen LogP contribution in [0.25, 0.3) is 0 Å². The van der Waals surface area contributed by atoms with Gasteiger partial charge in [-0.25, -0.2) is 66.3 Å². The van der Waals surface area contributed by atoms with E-state index in [1.165, 1.54) is 13.3 Å². The number of ether oxygens (including phenoxy) is 7. The van der Waals surface area contributed by atoms with Crippen molar-refractivity contribution >= 4 is 92.8 Å². The summed E-state index contributed by atoms with van der Waals surface area (Å²) in [6.07, 6.45) is 2.59. The molecule has 4 amide bonds. The fourth-order valence-corrected chi connectivity index (χ4v) is 6.19. The van der Waals surface area contributed by atoms with Crippen LogP contribution in [0.15, 0.2) is 53.5 Å². The molecule has 0 spiro atoms. The number of rotatable bonds is 20. The highest BCUT2D eigenvalue weighted by molar-refractivity contribution is 9.10. The van der Waals surface area contributed by atoms with E-state index in [9.17, 15) is 65.5 Å². The first-order chi connectivity index (χ1) is 39.7. The predicted molar refractivity (Wildman–Crippen MR) is 294 cm³/mol. The number of aromatic nitrogens is 4. The van der Waals surface area contributed by atoms with Crippen molar-refractivity contribution in [1.82, 2.24) is 30.6 Å². The molecular weight excluding hydrogens is 1210 g/mol. The Kier molecular flexibility index (Phi) is 31.7. The van der Waals surface area contributed by atoms with Crippen LogP contribution in [0, 0.1) is 23.3 Å². The van der Waals surface area contributed by atoms with E-state index in [1.54, 1.807) is 69.2 Å². The summed E-state index contributed by atoms with van der Waals surface area (Å²) in [5.41, 5.74) is 1.89. The number of carboxylic acid groups (broad SMARTS) is 1. The van der Waals surface area contributed by atoms with Crippen molar-refractivity contribution in [3.8, 4) is 0 Å². The maximum Gasteiger partial charge on any atom is 0.412 e. The number of carbonyl (C=O) groups excluding carboxylic acids is 9. The minimum absolute atomic E-state index is 0.0201. The fourth-order valence-electron chi connectivity index (χ4n) is 5.89. The number of carboxylic acids is 1. The molecule has 4 aromatic rings. The van der Waals surface area contributed by atoms with E-state index in [1.807, 2.05) is 0 Å². The van der Waals surface area contributed by atoms with Gasteiger partial charge in [0.15, 0.2) is 46.0 Å². The number of nitrogens with zero attached hydrogens (tertiary/aromatic N) is 4. The first-order valence-electron chi connectivity index (χ1n) is 25.3. The van der Waals surface area contributed by atoms with Crippen LogP contribution in [-0.2, 0) is 52.3 Å². The van der Waals surface area contributed by atoms with Crippen molar-refractivity contribution in [3.63, 3.8) is 0 Å². The van der Waals surface area contributed by atoms with Gasteiger partial charge in [-0.2, -0.15) is 0 Å². The molecule has 4 heterocycles. The Hall–Kier alpha value is -9.10. The molecule has 0 aliphatic rings. The minimum Gasteiger partial charge on any atom is -0.476 e. The third kappa shape index (κ3) is 29.1. The molecule has 27 nitrogen and oxygen atoms in total. The molecule has 2 atom stereocenters. The van der Waals surface area contributed by atoms with Crippen LogP contribution in [0.2, 0.25) is 0 Å². The number of hydrogen-bond acceptors (Lipinski definition) is 22. The molecule has 466 valence electrons. The lowest BCUT2D eigenvalue weighted by atomic mass is 10.1. The Morgan fingerprint density at radius 3 is 1.26 bits per heavy atom. The summed E-state index contributed by atoms with van der Waals surface area (Å²) in [4.78, 5) is 130. The van der Waals surface area contributed by atoms with E-state index >= 15 is 0 Å². The van der Waals surface area contributed by atoms with E-state index in [2.05, 4.69) is 61.9 Å². The van der Waals surface area contributed by atoms with Crippen molar-refractivity contribution < 1.29 is 104 Å². The second-order valence-electron chi connectivity index (χ2n) is 18.5. The van der Waals surface area contributed by atoms with E-state index in [0.29, 0.717) is 4.47 Å². The lowest BCUT2D eigenvalue weighted by Crippen LogP contribution is -2.42. The highest BCUT2D eigenvalue weighted by atomic mass is 79.9. The summed E-state index contributed by atoms with van der Waals surface area (Å²) in [6, 6.07) is 1.53. The number of methoxy groups -OCH3 is 1. The predicted octanol–water partition coefficient (Wildman–Crippen LogP) is 7.42. The molecular formula is C53H66BrF4N9O18. The second kappa shape index (κ2) is 36.5. The molecule has 0 saturated carbocycles. The molecule has 0 unspecified atom stereocenters. The molecule has 0 aliphatic carbocycles. The summed E-state index contributed by atoms with van der Waals surface area (Å²) >= 11 is 3.01. The van der Waals surface area contributed by atoms with E-state index in [0.717, 1.165) is 42.9 Å². The Bertz CT molecular complexity index is 2980. The largest absolute Gasteiger partial charge is 0.476 e. The van der Waals surface area contributed by atoms with Crippen LogP contribution in [0.3, 0.4) is 0 Å². The zero-order valence-electron chi connectivity index (χ0n) is 48.1. The van der Waals surface area contributed by atoms with Crippen LogP contribution in [0.5, 0.6) is 0 Å². The SMILES string of the molecule is CC(C)(C)OC(=O)Nc1cnc(C(=O)O)c(F)c1.CCOC(=O)CC[C@H](NC(=O)c1ncc(N)cc1F)C(=O)OCC.CCOC(=O)CC[C@H](NC(=O)c1ncc(NC(=O)OC(C)(C)C)cc1F)C(=O)OCC.COC(=O)c1ncc(Br)cc1F. The summed E-state index contributed by atoms with van der Waals surface area (Å²) in [6.45, 7) is 17.0. The molecule has 0 fully saturated rings. The van der Waals surface area contributed by atoms with Gasteiger partial charge in [-0.05, 0) is 104 Å². The van der Waals surface area contributed by atoms with Crippen LogP contribution in [-0.4, -0.2) is 142 Å². The number of carbonyl (C=O) groups is 10. The molecule has 0 bridgehead atoms. The first kappa shape index (κ1) is 73.9. The van der Waals surface area contributed by atoms with Crippen LogP contribution in [0.1, 0.15) is 137 Å². The summed E-state index contributed by atoms with van der Waals surface area (Å²) in [5.74, 6) is -10.4. The highest BCUT2D eigenvalue weighted by Gasteiger charge is 2.28. The third-order valence-electron chi connectivity index (χ3n) is 9.29. The molecule has 7 N–H and O–H groups in total. The van der Waals surface area contributed by atoms with Crippen molar-refractivity contribution in [2.75, 3.05) is 49.9 Å². The number of hydrogen-bond donors (Lipinski definition) is 6. The Balaban J connectivity index is 0.000000595. The van der Waals surface area contributed by atoms with Crippen molar-refractivity contribution in [2.45, 2.75) is 118 Å². The van der Waals surface area contributed by atoms with Gasteiger partial charge in [-0.15, -0.1) is 0 Å². The zero-order valence-corrected chi connectivity index (χ0v) is 49.7. The van der Waals surface area contributed by atoms with Crippen LogP contribution >= 0.6 is 15.9 Å². The summed E-state index contributed by atoms with van der Waals surface area (Å²) in [5, 5.41) is 17.8. The standard InChI is InChI=1S/C20H28FN3O7.C15H20FN3O5.C11H13FN2O4.C7H5BrFNO2/c1-6-29-15(25)9-8-14(18(27)30-7-2)24-17(26)16-13(21)10-12(11-22-16)23-19(28)31-20(3,4)5;1-3-23-12(20)6-5-11(15(22)24-4-2)19-14(21)13-10(16)7-9(17)8-18-13;1-11(2,3)18-10(17)14-6-4-7(12)8(9(15)16)13-5-6;1-12-7(11)6-5(9)2-4(8)3-10-6/h10-11,14H,6-9H2,1-5H3,(H,23,28)(H,24,26);7-8,11H,3-6,17H2,1-2H3,(H,19,21);4-5H,1-3H3,(H,14,17)(H,15,16);2-3H,1H3/t14-;11-;;/m00../s1. The number of nitrogens with one attached hydrogen (secondary N) is 4. The topological polar surface area (TPSA) is 381 Å². The summed E-state index contributed by atoms with van der Waals surface area (Å²) < 4.78 is 88.3. The maximum absolute atomic E-state index is 14.4. The number of nitrogen functional groups attached to an aromatic ring is 1. The van der Waals surface area contributed by atoms with Crippen molar-refractivity contribution in [3.05, 3.63) is 99.6 Å². The van der Waals surface area contributed by atoms with Crippen LogP contribution < -0.4 is 27.0 Å². The second-order valence-corrected chi connectivity index (χ2v) is 19.4. The smallest absolute Gasteiger partial charge is 0.412 e. The number of halogens is 5. The third-order valence-corrected chi connectivity index (χ3v) is 9.73. The molecule has 4 aromatic heterocycles. The zero-order chi connectivity index (χ0) is 64.8. The van der Waals surface area contributed by atoms with Gasteiger partial charge in [-0.1, -0.05) is 0 Å². The molecule has 85 heavy (non-hydrogen) atoms. The fraction of sp³-hybridized carbons (Fsp3) is 0.434. The molecule has 0 aliphatic heterocycles. The Morgan fingerprint density at radius 1 is 0.553 bits per heavy atom. The number of amides is 4. The molecule has 32 heteroatoms. The average Bonchev–Trinajstić information content (AvgIpc) is 3.61. The van der Waals surface area contributed by atoms with E-state index in [-0.39, 0.29) is 74.9 Å². The first-order valence-corrected chi connectivity index (χ1v) is 26.1. The number of aromatic carboxylic acids is 1. The molecule has 0 aromatic carbocycles. The van der Waals surface area contributed by atoms with Gasteiger partial charge in [0.25, 0.3) is 11.8 Å². The monoisotopic (exact) mass is 1270 g/mol. The Labute approximate surface area is 493 Å². The molecule has 0 saturated heterocycles. The Morgan fingerprint density at radius 2 is 0.918 bits per heavy atom. The number of esters is 5. The number of anilines is 3. The van der Waals surface area contributed by atoms with E-state index in [4.69, 9.17) is 39.3 Å². The highest BCUT2D eigenvalue weighted by Crippen LogP contribution is 2.18. The number of pyridine rings is 4. The van der Waals surface area contributed by atoms with Gasteiger partial charge in [0, 0.05) is 41.7 Å². The molecule has 0 radical (unpaired) electrons. The normalized spacial score (nSPS) is 11.2. The average molecular weight is 1270 g/mol. The van der Waals surface area contributed by atoms with Gasteiger partial charge in [0.2, 0.25) is 0 Å². The molecule has 4 rings (SSSR count). The summed E-state index contributed by atoms with van der Waals surface area (Å²) in [7, 11) is 1.17. The number of nitrogens with two attached hydrogens (primary N) is 1. The maximum atomic E-state index is 14.4. The van der Waals surface area contributed by atoms with Gasteiger partial charge in [-0.3, -0.25) is 29.8 Å². The van der Waals surface area contributed by atoms with Gasteiger partial charge in [0.05, 0.1) is 69.2 Å². The van der Waals surface area contributed by atoms with E-state index < -0.39 is 123 Å². The van der Waals surface area contributed by atoms with Gasteiger partial charge < -0.3 is 54.6 Å². The van der Waals surface area contributed by atoms with Crippen molar-refractivity contribution in [1.29, 1.82) is 0 Å². The quantitative estimate of drug-likeness (QED) is 0.0285.